The predicted molar refractivity (Wildman–Crippen MR) is 151 cm³/mol. The van der Waals surface area contributed by atoms with E-state index in [1.165, 1.54) is 4.90 Å². The highest BCUT2D eigenvalue weighted by Crippen LogP contribution is 2.36. The Hall–Kier alpha value is -4.18. The van der Waals surface area contributed by atoms with E-state index in [-0.39, 0.29) is 22.2 Å². The minimum Gasteiger partial charge on any atom is -0.395 e. The van der Waals surface area contributed by atoms with Crippen LogP contribution in [0.25, 0.3) is 10.9 Å². The molecule has 1 atom stereocenters. The first-order valence-corrected chi connectivity index (χ1v) is 13.2. The van der Waals surface area contributed by atoms with Crippen LogP contribution in [0.15, 0.2) is 48.7 Å². The molecule has 0 spiro atoms. The van der Waals surface area contributed by atoms with Gasteiger partial charge in [-0.1, -0.05) is 38.1 Å². The van der Waals surface area contributed by atoms with Crippen LogP contribution in [0.4, 0.5) is 11.4 Å². The summed E-state index contributed by atoms with van der Waals surface area (Å²) in [6, 6.07) is 12.3. The summed E-state index contributed by atoms with van der Waals surface area (Å²) in [6.45, 7) is 8.47. The second-order valence-electron chi connectivity index (χ2n) is 9.82. The number of aromatic amines is 1. The van der Waals surface area contributed by atoms with Gasteiger partial charge in [0.25, 0.3) is 11.8 Å². The van der Waals surface area contributed by atoms with E-state index in [1.807, 2.05) is 56.3 Å². The number of amides is 3. The molecule has 0 aliphatic rings. The minimum absolute atomic E-state index is 0.0396. The van der Waals surface area contributed by atoms with E-state index in [2.05, 4.69) is 28.5 Å². The maximum Gasteiger partial charge on any atom is 0.273 e. The van der Waals surface area contributed by atoms with Crippen LogP contribution < -0.4 is 21.7 Å². The molecule has 4 aromatic rings. The van der Waals surface area contributed by atoms with Crippen molar-refractivity contribution in [3.05, 3.63) is 75.9 Å². The number of rotatable bonds is 9. The maximum atomic E-state index is 14.3. The molecule has 0 saturated carbocycles. The van der Waals surface area contributed by atoms with Gasteiger partial charge in [-0.05, 0) is 67.0 Å². The Labute approximate surface area is 225 Å². The van der Waals surface area contributed by atoms with Crippen molar-refractivity contribution in [2.24, 2.45) is 11.7 Å². The first-order chi connectivity index (χ1) is 18.1. The van der Waals surface area contributed by atoms with Crippen LogP contribution in [0, 0.1) is 19.8 Å². The van der Waals surface area contributed by atoms with E-state index in [9.17, 15) is 14.4 Å². The lowest BCUT2D eigenvalue weighted by Gasteiger charge is -2.31. The number of anilines is 2. The Balaban J connectivity index is 1.93. The number of nitrogen functional groups attached to an aromatic ring is 1. The number of carbonyl (C=O) groups excluding carboxylic acids is 3. The van der Waals surface area contributed by atoms with Crippen LogP contribution in [0.5, 0.6) is 0 Å². The number of carbonyl (C=O) groups is 3. The molecule has 2 aromatic heterocycles. The smallest absolute Gasteiger partial charge is 0.273 e. The predicted octanol–water partition coefficient (Wildman–Crippen LogP) is 4.47. The maximum absolute atomic E-state index is 14.3. The molecule has 0 aliphatic carbocycles. The lowest BCUT2D eigenvalue weighted by atomic mass is 10.0. The summed E-state index contributed by atoms with van der Waals surface area (Å²) in [4.78, 5) is 44.7. The number of para-hydroxylation sites is 1. The number of aromatic nitrogens is 2. The van der Waals surface area contributed by atoms with Gasteiger partial charge in [0.05, 0.1) is 5.69 Å². The summed E-state index contributed by atoms with van der Waals surface area (Å²) in [5.41, 5.74) is 15.2. The van der Waals surface area contributed by atoms with Gasteiger partial charge in [0, 0.05) is 34.9 Å². The summed E-state index contributed by atoms with van der Waals surface area (Å²) < 4.78 is 4.02. The molecule has 6 N–H and O–H groups in total. The third-order valence-electron chi connectivity index (χ3n) is 6.30. The number of nitrogens with zero attached hydrogens (tertiary/aromatic N) is 2. The second kappa shape index (κ2) is 11.1. The number of hydrogen-bond donors (Lipinski definition) is 4. The van der Waals surface area contributed by atoms with Crippen LogP contribution in [-0.2, 0) is 4.79 Å². The molecule has 3 amide bonds. The molecule has 0 aliphatic heterocycles. The van der Waals surface area contributed by atoms with Crippen LogP contribution in [0.3, 0.4) is 0 Å². The summed E-state index contributed by atoms with van der Waals surface area (Å²) in [6.07, 6.45) is 2.54. The summed E-state index contributed by atoms with van der Waals surface area (Å²) in [5.74, 6) is -1.31. The monoisotopic (exact) mass is 532 g/mol. The summed E-state index contributed by atoms with van der Waals surface area (Å²) in [5, 5.41) is 3.84. The number of primary amides is 1. The first-order valence-electron chi connectivity index (χ1n) is 12.4. The number of nitrogens with one attached hydrogen (secondary N) is 2. The van der Waals surface area contributed by atoms with Crippen LogP contribution >= 0.6 is 11.5 Å². The van der Waals surface area contributed by atoms with Crippen molar-refractivity contribution in [1.82, 2.24) is 14.7 Å². The zero-order valence-corrected chi connectivity index (χ0v) is 22.7. The molecule has 0 radical (unpaired) electrons. The van der Waals surface area contributed by atoms with Gasteiger partial charge in [-0.25, -0.2) is 0 Å². The molecular formula is C28H32N6O3S. The normalized spacial score (nSPS) is 12.0. The van der Waals surface area contributed by atoms with Gasteiger partial charge >= 0.3 is 0 Å². The number of H-pyrrole nitrogens is 1. The average molecular weight is 533 g/mol. The van der Waals surface area contributed by atoms with Crippen molar-refractivity contribution in [2.45, 2.75) is 40.2 Å². The number of fused-ring (bicyclic) bond motifs is 1. The van der Waals surface area contributed by atoms with Crippen molar-refractivity contribution in [2.75, 3.05) is 17.2 Å². The number of aryl methyl sites for hydroxylation is 2. The van der Waals surface area contributed by atoms with Crippen molar-refractivity contribution in [3.63, 3.8) is 0 Å². The van der Waals surface area contributed by atoms with E-state index >= 15 is 0 Å². The third-order valence-corrected chi connectivity index (χ3v) is 7.15. The third kappa shape index (κ3) is 5.40. The molecule has 2 heterocycles. The molecule has 2 aromatic carbocycles. The fourth-order valence-electron chi connectivity index (χ4n) is 4.51. The van der Waals surface area contributed by atoms with Gasteiger partial charge in [0.15, 0.2) is 5.69 Å². The second-order valence-corrected chi connectivity index (χ2v) is 10.6. The Morgan fingerprint density at radius 1 is 1.11 bits per heavy atom. The van der Waals surface area contributed by atoms with Crippen molar-refractivity contribution in [3.8, 4) is 0 Å². The highest BCUT2D eigenvalue weighted by Gasteiger charge is 2.37. The quantitative estimate of drug-likeness (QED) is 0.251. The van der Waals surface area contributed by atoms with Gasteiger partial charge < -0.3 is 21.8 Å². The van der Waals surface area contributed by atoms with E-state index in [0.29, 0.717) is 23.7 Å². The van der Waals surface area contributed by atoms with Crippen LogP contribution in [0.2, 0.25) is 0 Å². The molecule has 0 bridgehead atoms. The molecule has 38 heavy (non-hydrogen) atoms. The first kappa shape index (κ1) is 26.9. The molecule has 0 fully saturated rings. The van der Waals surface area contributed by atoms with E-state index < -0.39 is 17.9 Å². The van der Waals surface area contributed by atoms with Gasteiger partial charge in [-0.2, -0.15) is 4.37 Å². The number of hydrogen-bond acceptors (Lipinski definition) is 6. The lowest BCUT2D eigenvalue weighted by Crippen LogP contribution is -2.44. The topological polar surface area (TPSA) is 147 Å². The molecule has 0 saturated heterocycles. The summed E-state index contributed by atoms with van der Waals surface area (Å²) in [7, 11) is 0. The van der Waals surface area contributed by atoms with Crippen molar-refractivity contribution in [1.29, 1.82) is 0 Å². The highest BCUT2D eigenvalue weighted by molar-refractivity contribution is 7.09. The Bertz CT molecular complexity index is 1490. The molecule has 9 nitrogen and oxygen atoms in total. The minimum atomic E-state index is -1.04. The van der Waals surface area contributed by atoms with Crippen molar-refractivity contribution < 1.29 is 14.4 Å². The molecule has 1 unspecified atom stereocenters. The molecule has 10 heteroatoms. The van der Waals surface area contributed by atoms with Gasteiger partial charge in [-0.3, -0.25) is 19.3 Å². The Morgan fingerprint density at radius 2 is 1.79 bits per heavy atom. The van der Waals surface area contributed by atoms with Crippen LogP contribution in [0.1, 0.15) is 63.2 Å². The van der Waals surface area contributed by atoms with Crippen LogP contribution in [-0.4, -0.2) is 33.6 Å². The zero-order chi connectivity index (χ0) is 27.6. The SMILES string of the molecule is Cc1cc(C)cc(N(C(=O)c2snc(C(N)=O)c2N)C(C(=O)NCCC(C)C)c2c[nH]c3ccccc23)c1. The van der Waals surface area contributed by atoms with E-state index in [1.54, 1.807) is 6.20 Å². The number of benzene rings is 2. The van der Waals surface area contributed by atoms with E-state index in [4.69, 9.17) is 11.5 Å². The summed E-state index contributed by atoms with van der Waals surface area (Å²) >= 11 is 0.789. The largest absolute Gasteiger partial charge is 0.395 e. The van der Waals surface area contributed by atoms with Gasteiger partial charge in [0.2, 0.25) is 5.91 Å². The molecule has 4 rings (SSSR count). The van der Waals surface area contributed by atoms with E-state index in [0.717, 1.165) is 40.0 Å². The number of nitrogens with two attached hydrogens (primary N) is 2. The molecular weight excluding hydrogens is 500 g/mol. The highest BCUT2D eigenvalue weighted by atomic mass is 32.1. The average Bonchev–Trinajstić information content (AvgIpc) is 3.44. The zero-order valence-electron chi connectivity index (χ0n) is 21.9. The van der Waals surface area contributed by atoms with Crippen molar-refractivity contribution >= 4 is 51.5 Å². The lowest BCUT2D eigenvalue weighted by molar-refractivity contribution is -0.122. The fraction of sp³-hybridized carbons (Fsp3) is 0.286. The molecule has 198 valence electrons. The standard InChI is InChI=1S/C28H32N6O3S/c1-15(2)9-10-31-27(36)24(20-14-32-21-8-6-5-7-19(20)21)34(18-12-16(3)11-17(4)13-18)28(37)25-22(29)23(26(30)35)33-38-25/h5-8,11-15,24,32H,9-10,29H2,1-4H3,(H2,30,35)(H,31,36). The fourth-order valence-corrected chi connectivity index (χ4v) is 5.25. The Kier molecular flexibility index (Phi) is 7.82. The Morgan fingerprint density at radius 3 is 2.42 bits per heavy atom. The van der Waals surface area contributed by atoms with Gasteiger partial charge in [-0.15, -0.1) is 0 Å². The van der Waals surface area contributed by atoms with Gasteiger partial charge in [0.1, 0.15) is 10.9 Å².